The fraction of sp³-hybridized carbons (Fsp3) is 0.167. The van der Waals surface area contributed by atoms with Gasteiger partial charge < -0.3 is 14.5 Å². The Hall–Kier alpha value is -3.36. The minimum atomic E-state index is -4.83. The molecule has 0 atom stereocenters. The molecule has 0 spiro atoms. The summed E-state index contributed by atoms with van der Waals surface area (Å²) in [6.07, 6.45) is -4.83. The second-order valence-corrected chi connectivity index (χ2v) is 5.36. The van der Waals surface area contributed by atoms with Crippen molar-refractivity contribution in [2.45, 2.75) is 13.3 Å². The Labute approximate surface area is 151 Å². The van der Waals surface area contributed by atoms with Crippen LogP contribution in [0.5, 0.6) is 5.75 Å². The summed E-state index contributed by atoms with van der Waals surface area (Å²) in [6, 6.07) is 12.3. The van der Waals surface area contributed by atoms with Crippen LogP contribution in [-0.2, 0) is 4.74 Å². The predicted molar refractivity (Wildman–Crippen MR) is 91.6 cm³/mol. The van der Waals surface area contributed by atoms with Crippen molar-refractivity contribution >= 4 is 28.2 Å². The molecule has 0 aliphatic heterocycles. The summed E-state index contributed by atoms with van der Waals surface area (Å²) >= 11 is 0. The number of benzene rings is 2. The van der Waals surface area contributed by atoms with Crippen molar-refractivity contribution in [1.29, 1.82) is 0 Å². The molecule has 9 heteroatoms. The number of fused-ring (bicyclic) bond motifs is 1. The monoisotopic (exact) mass is 377 g/mol. The van der Waals surface area contributed by atoms with E-state index < -0.39 is 18.1 Å². The number of rotatable bonds is 5. The zero-order valence-corrected chi connectivity index (χ0v) is 14.1. The van der Waals surface area contributed by atoms with Crippen LogP contribution in [0, 0.1) is 0 Å². The zero-order valence-electron chi connectivity index (χ0n) is 14.1. The minimum Gasteiger partial charge on any atom is -0.461 e. The lowest BCUT2D eigenvalue weighted by Crippen LogP contribution is -2.16. The third kappa shape index (κ3) is 4.43. The van der Waals surface area contributed by atoms with Crippen LogP contribution >= 0.6 is 0 Å². The van der Waals surface area contributed by atoms with Crippen LogP contribution in [0.25, 0.3) is 10.9 Å². The SMILES string of the molecule is CCOC(=O)c1[nH]c2ccc(OC(F)(F)F)cc2c1/N=N/c1ccccc1. The molecule has 1 heterocycles. The molecule has 0 saturated carbocycles. The molecular formula is C18H14F3N3O3. The second kappa shape index (κ2) is 7.48. The Morgan fingerprint density at radius 2 is 1.85 bits per heavy atom. The quantitative estimate of drug-likeness (QED) is 0.460. The van der Waals surface area contributed by atoms with Crippen LogP contribution in [0.1, 0.15) is 17.4 Å². The van der Waals surface area contributed by atoms with E-state index in [1.54, 1.807) is 37.3 Å². The highest BCUT2D eigenvalue weighted by atomic mass is 19.4. The molecule has 1 aromatic heterocycles. The molecule has 6 nitrogen and oxygen atoms in total. The van der Waals surface area contributed by atoms with Gasteiger partial charge in [0.25, 0.3) is 0 Å². The normalized spacial score (nSPS) is 11.9. The van der Waals surface area contributed by atoms with Gasteiger partial charge in [0.05, 0.1) is 12.3 Å². The van der Waals surface area contributed by atoms with E-state index in [-0.39, 0.29) is 23.4 Å². The maximum absolute atomic E-state index is 12.5. The summed E-state index contributed by atoms with van der Waals surface area (Å²) in [5.41, 5.74) is 0.981. The number of carbonyl (C=O) groups is 1. The number of nitrogens with one attached hydrogen (secondary N) is 1. The van der Waals surface area contributed by atoms with Gasteiger partial charge in [0, 0.05) is 10.9 Å². The van der Waals surface area contributed by atoms with E-state index in [1.807, 2.05) is 0 Å². The van der Waals surface area contributed by atoms with Crippen LogP contribution in [0.2, 0.25) is 0 Å². The number of esters is 1. The number of alkyl halides is 3. The number of nitrogens with zero attached hydrogens (tertiary/aromatic N) is 2. The fourth-order valence-electron chi connectivity index (χ4n) is 2.41. The highest BCUT2D eigenvalue weighted by Crippen LogP contribution is 2.36. The first kappa shape index (κ1) is 18.4. The summed E-state index contributed by atoms with van der Waals surface area (Å²) < 4.78 is 46.4. The lowest BCUT2D eigenvalue weighted by molar-refractivity contribution is -0.274. The molecule has 0 aliphatic rings. The number of H-pyrrole nitrogens is 1. The number of aromatic amines is 1. The van der Waals surface area contributed by atoms with E-state index in [1.165, 1.54) is 6.07 Å². The van der Waals surface area contributed by atoms with Gasteiger partial charge in [-0.2, -0.15) is 5.11 Å². The van der Waals surface area contributed by atoms with Crippen molar-refractivity contribution in [3.63, 3.8) is 0 Å². The molecule has 3 aromatic rings. The molecule has 2 aromatic carbocycles. The van der Waals surface area contributed by atoms with Crippen LogP contribution in [-0.4, -0.2) is 23.9 Å². The van der Waals surface area contributed by atoms with Crippen LogP contribution in [0.15, 0.2) is 58.8 Å². The molecule has 0 bridgehead atoms. The first-order valence-corrected chi connectivity index (χ1v) is 7.93. The Morgan fingerprint density at radius 1 is 1.11 bits per heavy atom. The number of halogens is 3. The number of hydrogen-bond donors (Lipinski definition) is 1. The molecule has 140 valence electrons. The lowest BCUT2D eigenvalue weighted by Gasteiger charge is -2.08. The molecule has 0 unspecified atom stereocenters. The van der Waals surface area contributed by atoms with Gasteiger partial charge in [0.1, 0.15) is 11.4 Å². The third-order valence-corrected chi connectivity index (χ3v) is 3.48. The standard InChI is InChI=1S/C18H14F3N3O3/c1-2-26-17(25)16-15(24-23-11-6-4-3-5-7-11)13-10-12(27-18(19,20)21)8-9-14(13)22-16/h3-10,22H,2H2,1H3/b24-23+. The minimum absolute atomic E-state index is 0.00399. The van der Waals surface area contributed by atoms with Crippen LogP contribution in [0.3, 0.4) is 0 Å². The second-order valence-electron chi connectivity index (χ2n) is 5.36. The van der Waals surface area contributed by atoms with E-state index in [0.29, 0.717) is 11.2 Å². The van der Waals surface area contributed by atoms with Gasteiger partial charge in [-0.05, 0) is 37.3 Å². The number of carbonyl (C=O) groups excluding carboxylic acids is 1. The lowest BCUT2D eigenvalue weighted by atomic mass is 10.2. The summed E-state index contributed by atoms with van der Waals surface area (Å²) in [4.78, 5) is 15.0. The van der Waals surface area contributed by atoms with Gasteiger partial charge in [-0.15, -0.1) is 18.3 Å². The molecule has 0 saturated heterocycles. The first-order chi connectivity index (χ1) is 12.9. The average Bonchev–Trinajstić information content (AvgIpc) is 2.98. The number of hydrogen-bond acceptors (Lipinski definition) is 5. The van der Waals surface area contributed by atoms with Crippen LogP contribution < -0.4 is 4.74 Å². The molecule has 0 radical (unpaired) electrons. The Balaban J connectivity index is 2.10. The van der Waals surface area contributed by atoms with Gasteiger partial charge in [-0.1, -0.05) is 18.2 Å². The van der Waals surface area contributed by atoms with E-state index in [2.05, 4.69) is 19.9 Å². The summed E-state index contributed by atoms with van der Waals surface area (Å²) in [7, 11) is 0. The highest BCUT2D eigenvalue weighted by Gasteiger charge is 2.31. The zero-order chi connectivity index (χ0) is 19.4. The number of aromatic nitrogens is 1. The molecular weight excluding hydrogens is 363 g/mol. The molecule has 0 fully saturated rings. The topological polar surface area (TPSA) is 76.0 Å². The predicted octanol–water partition coefficient (Wildman–Crippen LogP) is 5.66. The Bertz CT molecular complexity index is 982. The molecule has 0 aliphatic carbocycles. The van der Waals surface area contributed by atoms with Gasteiger partial charge in [0.2, 0.25) is 0 Å². The van der Waals surface area contributed by atoms with Crippen molar-refractivity contribution in [2.24, 2.45) is 10.2 Å². The van der Waals surface area contributed by atoms with E-state index in [0.717, 1.165) is 12.1 Å². The smallest absolute Gasteiger partial charge is 0.461 e. The molecule has 27 heavy (non-hydrogen) atoms. The highest BCUT2D eigenvalue weighted by molar-refractivity contribution is 6.05. The number of azo groups is 1. The van der Waals surface area contributed by atoms with Crippen molar-refractivity contribution < 1.29 is 27.4 Å². The summed E-state index contributed by atoms with van der Waals surface area (Å²) in [5.74, 6) is -1.12. The fourth-order valence-corrected chi connectivity index (χ4v) is 2.41. The Kier molecular flexibility index (Phi) is 5.11. The van der Waals surface area contributed by atoms with Gasteiger partial charge in [0.15, 0.2) is 5.69 Å². The van der Waals surface area contributed by atoms with E-state index in [4.69, 9.17) is 4.74 Å². The average molecular weight is 377 g/mol. The molecule has 0 amide bonds. The third-order valence-electron chi connectivity index (χ3n) is 3.48. The maximum Gasteiger partial charge on any atom is 0.573 e. The summed E-state index contributed by atoms with van der Waals surface area (Å²) in [5, 5.41) is 8.35. The van der Waals surface area contributed by atoms with Crippen molar-refractivity contribution in [2.75, 3.05) is 6.61 Å². The van der Waals surface area contributed by atoms with E-state index in [9.17, 15) is 18.0 Å². The van der Waals surface area contributed by atoms with Crippen molar-refractivity contribution in [3.8, 4) is 5.75 Å². The van der Waals surface area contributed by atoms with Gasteiger partial charge in [-0.25, -0.2) is 4.79 Å². The van der Waals surface area contributed by atoms with Crippen LogP contribution in [0.4, 0.5) is 24.5 Å². The maximum atomic E-state index is 12.5. The van der Waals surface area contributed by atoms with Gasteiger partial charge >= 0.3 is 12.3 Å². The Morgan fingerprint density at radius 3 is 2.52 bits per heavy atom. The van der Waals surface area contributed by atoms with Crippen molar-refractivity contribution in [3.05, 3.63) is 54.2 Å². The van der Waals surface area contributed by atoms with Gasteiger partial charge in [-0.3, -0.25) is 0 Å². The molecule has 1 N–H and O–H groups in total. The van der Waals surface area contributed by atoms with Crippen molar-refractivity contribution in [1.82, 2.24) is 4.98 Å². The molecule has 3 rings (SSSR count). The van der Waals surface area contributed by atoms with E-state index >= 15 is 0 Å². The largest absolute Gasteiger partial charge is 0.573 e. The number of ether oxygens (including phenoxy) is 2. The first-order valence-electron chi connectivity index (χ1n) is 7.93. The summed E-state index contributed by atoms with van der Waals surface area (Å²) in [6.45, 7) is 1.77.